The van der Waals surface area contributed by atoms with Crippen LogP contribution < -0.4 is 0 Å². The highest BCUT2D eigenvalue weighted by atomic mass is 16.5. The Hall–Kier alpha value is -1.62. The van der Waals surface area contributed by atoms with Gasteiger partial charge in [0.25, 0.3) is 0 Å². The standard InChI is InChI=1S/C9H11N3O2/c1-7-10-9(11-14-7)5-12-3-2-8(4-12)6-13/h2-4,13H,5-6H2,1H3. The van der Waals surface area contributed by atoms with Gasteiger partial charge in [-0.1, -0.05) is 5.16 Å². The third-order valence-corrected chi connectivity index (χ3v) is 1.89. The van der Waals surface area contributed by atoms with Gasteiger partial charge in [0.2, 0.25) is 5.89 Å². The maximum absolute atomic E-state index is 8.86. The second-order valence-corrected chi connectivity index (χ2v) is 3.08. The van der Waals surface area contributed by atoms with Crippen molar-refractivity contribution in [1.82, 2.24) is 14.7 Å². The van der Waals surface area contributed by atoms with Crippen LogP contribution in [0.5, 0.6) is 0 Å². The summed E-state index contributed by atoms with van der Waals surface area (Å²) in [5, 5.41) is 12.6. The fourth-order valence-corrected chi connectivity index (χ4v) is 1.25. The molecule has 0 unspecified atom stereocenters. The van der Waals surface area contributed by atoms with Crippen LogP contribution in [-0.2, 0) is 13.2 Å². The van der Waals surface area contributed by atoms with Crippen molar-refractivity contribution in [1.29, 1.82) is 0 Å². The molecule has 2 rings (SSSR count). The molecule has 2 heterocycles. The van der Waals surface area contributed by atoms with Crippen LogP contribution in [0.1, 0.15) is 17.3 Å². The van der Waals surface area contributed by atoms with E-state index >= 15 is 0 Å². The van der Waals surface area contributed by atoms with Gasteiger partial charge in [0, 0.05) is 19.3 Å². The Bertz CT molecular complexity index is 419. The van der Waals surface area contributed by atoms with E-state index in [0.29, 0.717) is 18.3 Å². The molecule has 0 aliphatic heterocycles. The smallest absolute Gasteiger partial charge is 0.223 e. The van der Waals surface area contributed by atoms with Gasteiger partial charge < -0.3 is 14.2 Å². The number of nitrogens with zero attached hydrogens (tertiary/aromatic N) is 3. The van der Waals surface area contributed by atoms with Gasteiger partial charge in [-0.3, -0.25) is 0 Å². The van der Waals surface area contributed by atoms with E-state index in [-0.39, 0.29) is 6.61 Å². The van der Waals surface area contributed by atoms with E-state index in [2.05, 4.69) is 10.1 Å². The molecule has 0 radical (unpaired) electrons. The average Bonchev–Trinajstić information content (AvgIpc) is 2.76. The summed E-state index contributed by atoms with van der Waals surface area (Å²) in [6, 6.07) is 1.85. The topological polar surface area (TPSA) is 64.1 Å². The van der Waals surface area contributed by atoms with E-state index in [9.17, 15) is 0 Å². The fraction of sp³-hybridized carbons (Fsp3) is 0.333. The van der Waals surface area contributed by atoms with Crippen molar-refractivity contribution >= 4 is 0 Å². The summed E-state index contributed by atoms with van der Waals surface area (Å²) in [5.74, 6) is 1.21. The molecule has 1 N–H and O–H groups in total. The van der Waals surface area contributed by atoms with Gasteiger partial charge in [0.15, 0.2) is 5.82 Å². The Balaban J connectivity index is 2.10. The van der Waals surface area contributed by atoms with Gasteiger partial charge in [-0.2, -0.15) is 4.98 Å². The lowest BCUT2D eigenvalue weighted by Gasteiger charge is -1.95. The van der Waals surface area contributed by atoms with E-state index in [4.69, 9.17) is 9.63 Å². The maximum atomic E-state index is 8.86. The average molecular weight is 193 g/mol. The summed E-state index contributed by atoms with van der Waals surface area (Å²) in [4.78, 5) is 4.08. The molecule has 2 aromatic heterocycles. The second kappa shape index (κ2) is 3.63. The molecule has 0 saturated carbocycles. The minimum absolute atomic E-state index is 0.0538. The summed E-state index contributed by atoms with van der Waals surface area (Å²) < 4.78 is 6.74. The Morgan fingerprint density at radius 3 is 3.00 bits per heavy atom. The first-order valence-corrected chi connectivity index (χ1v) is 4.32. The molecular formula is C9H11N3O2. The monoisotopic (exact) mass is 193 g/mol. The molecule has 0 aliphatic carbocycles. The largest absolute Gasteiger partial charge is 0.392 e. The molecule has 5 heteroatoms. The van der Waals surface area contributed by atoms with Gasteiger partial charge >= 0.3 is 0 Å². The molecule has 0 amide bonds. The Morgan fingerprint density at radius 2 is 2.43 bits per heavy atom. The molecule has 0 aliphatic rings. The molecule has 0 saturated heterocycles. The Labute approximate surface area is 81.0 Å². The van der Waals surface area contributed by atoms with Gasteiger partial charge in [-0.05, 0) is 11.6 Å². The second-order valence-electron chi connectivity index (χ2n) is 3.08. The van der Waals surface area contributed by atoms with Crippen LogP contribution in [0.15, 0.2) is 23.0 Å². The van der Waals surface area contributed by atoms with Crippen LogP contribution in [0.25, 0.3) is 0 Å². The van der Waals surface area contributed by atoms with Crippen molar-refractivity contribution in [3.8, 4) is 0 Å². The number of aromatic nitrogens is 3. The molecular weight excluding hydrogens is 182 g/mol. The first kappa shape index (κ1) is 8.96. The molecule has 74 valence electrons. The van der Waals surface area contributed by atoms with E-state index in [1.807, 2.05) is 23.0 Å². The van der Waals surface area contributed by atoms with E-state index in [1.165, 1.54) is 0 Å². The van der Waals surface area contributed by atoms with Gasteiger partial charge in [-0.15, -0.1) is 0 Å². The number of aliphatic hydroxyl groups excluding tert-OH is 1. The first-order chi connectivity index (χ1) is 6.78. The Kier molecular flexibility index (Phi) is 2.32. The van der Waals surface area contributed by atoms with Crippen molar-refractivity contribution in [3.63, 3.8) is 0 Å². The van der Waals surface area contributed by atoms with Crippen LogP contribution in [-0.4, -0.2) is 19.8 Å². The number of hydrogen-bond donors (Lipinski definition) is 1. The molecule has 14 heavy (non-hydrogen) atoms. The zero-order valence-corrected chi connectivity index (χ0v) is 7.84. The van der Waals surface area contributed by atoms with Crippen LogP contribution in [0, 0.1) is 6.92 Å². The van der Waals surface area contributed by atoms with Crippen molar-refractivity contribution in [3.05, 3.63) is 35.7 Å². The molecule has 0 aromatic carbocycles. The number of hydrogen-bond acceptors (Lipinski definition) is 4. The van der Waals surface area contributed by atoms with Crippen LogP contribution >= 0.6 is 0 Å². The number of rotatable bonds is 3. The lowest BCUT2D eigenvalue weighted by Crippen LogP contribution is -1.98. The molecule has 0 fully saturated rings. The molecule has 0 spiro atoms. The van der Waals surface area contributed by atoms with E-state index in [1.54, 1.807) is 6.92 Å². The minimum atomic E-state index is 0.0538. The fourth-order valence-electron chi connectivity index (χ4n) is 1.25. The molecule has 5 nitrogen and oxygen atoms in total. The SMILES string of the molecule is Cc1nc(Cn2ccc(CO)c2)no1. The summed E-state index contributed by atoms with van der Waals surface area (Å²) in [5.41, 5.74) is 0.880. The van der Waals surface area contributed by atoms with E-state index < -0.39 is 0 Å². The zero-order valence-electron chi connectivity index (χ0n) is 7.84. The van der Waals surface area contributed by atoms with Crippen molar-refractivity contribution in [2.45, 2.75) is 20.1 Å². The normalized spacial score (nSPS) is 10.7. The minimum Gasteiger partial charge on any atom is -0.392 e. The van der Waals surface area contributed by atoms with Crippen molar-refractivity contribution < 1.29 is 9.63 Å². The quantitative estimate of drug-likeness (QED) is 0.780. The van der Waals surface area contributed by atoms with Crippen molar-refractivity contribution in [2.24, 2.45) is 0 Å². The highest BCUT2D eigenvalue weighted by Gasteiger charge is 2.03. The summed E-state index contributed by atoms with van der Waals surface area (Å²) >= 11 is 0. The van der Waals surface area contributed by atoms with Crippen molar-refractivity contribution in [2.75, 3.05) is 0 Å². The zero-order chi connectivity index (χ0) is 9.97. The lowest BCUT2D eigenvalue weighted by atomic mass is 10.4. The third-order valence-electron chi connectivity index (χ3n) is 1.89. The van der Waals surface area contributed by atoms with Gasteiger partial charge in [0.05, 0.1) is 13.2 Å². The third kappa shape index (κ3) is 1.82. The predicted octanol–water partition coefficient (Wildman–Crippen LogP) is 0.720. The lowest BCUT2D eigenvalue weighted by molar-refractivity contribution is 0.281. The summed E-state index contributed by atoms with van der Waals surface area (Å²) in [7, 11) is 0. The van der Waals surface area contributed by atoms with Gasteiger partial charge in [-0.25, -0.2) is 0 Å². The predicted molar refractivity (Wildman–Crippen MR) is 48.5 cm³/mol. The first-order valence-electron chi connectivity index (χ1n) is 4.32. The maximum Gasteiger partial charge on any atom is 0.223 e. The summed E-state index contributed by atoms with van der Waals surface area (Å²) in [6.45, 7) is 2.38. The summed E-state index contributed by atoms with van der Waals surface area (Å²) in [6.07, 6.45) is 3.73. The molecule has 0 bridgehead atoms. The highest BCUT2D eigenvalue weighted by Crippen LogP contribution is 2.04. The van der Waals surface area contributed by atoms with Gasteiger partial charge in [0.1, 0.15) is 0 Å². The molecule has 0 atom stereocenters. The van der Waals surface area contributed by atoms with Crippen LogP contribution in [0.3, 0.4) is 0 Å². The number of aryl methyl sites for hydroxylation is 1. The van der Waals surface area contributed by atoms with Crippen LogP contribution in [0.2, 0.25) is 0 Å². The van der Waals surface area contributed by atoms with Crippen LogP contribution in [0.4, 0.5) is 0 Å². The van der Waals surface area contributed by atoms with E-state index in [0.717, 1.165) is 5.56 Å². The molecule has 2 aromatic rings. The highest BCUT2D eigenvalue weighted by molar-refractivity contribution is 5.09. The number of aliphatic hydroxyl groups is 1. The Morgan fingerprint density at radius 1 is 1.57 bits per heavy atom.